The first-order valence-corrected chi connectivity index (χ1v) is 6.89. The summed E-state index contributed by atoms with van der Waals surface area (Å²) in [6.07, 6.45) is 6.91. The van der Waals surface area contributed by atoms with Gasteiger partial charge in [-0.1, -0.05) is 12.1 Å². The lowest BCUT2D eigenvalue weighted by molar-refractivity contribution is -0.136. The summed E-state index contributed by atoms with van der Waals surface area (Å²) in [6.45, 7) is 0. The normalized spacial score (nSPS) is 10.4. The van der Waals surface area contributed by atoms with Crippen molar-refractivity contribution < 1.29 is 9.90 Å². The Labute approximate surface area is 128 Å². The Morgan fingerprint density at radius 2 is 1.23 bits per heavy atom. The highest BCUT2D eigenvalue weighted by Gasteiger charge is 2.08. The van der Waals surface area contributed by atoms with Crippen molar-refractivity contribution in [3.8, 4) is 22.3 Å². The number of carboxylic acids is 1. The maximum Gasteiger partial charge on any atom is 0.307 e. The van der Waals surface area contributed by atoms with E-state index in [2.05, 4.69) is 16.0 Å². The minimum Gasteiger partial charge on any atom is -0.481 e. The molecule has 0 saturated heterocycles. The lowest BCUT2D eigenvalue weighted by Gasteiger charge is -2.09. The van der Waals surface area contributed by atoms with Gasteiger partial charge in [0.1, 0.15) is 0 Å². The maximum atomic E-state index is 11.0. The highest BCUT2D eigenvalue weighted by Crippen LogP contribution is 2.28. The van der Waals surface area contributed by atoms with Crippen LogP contribution >= 0.6 is 0 Å². The quantitative estimate of drug-likeness (QED) is 0.799. The lowest BCUT2D eigenvalue weighted by atomic mass is 9.96. The Morgan fingerprint density at radius 3 is 1.64 bits per heavy atom. The summed E-state index contributed by atoms with van der Waals surface area (Å²) in [4.78, 5) is 19.1. The van der Waals surface area contributed by atoms with Crippen molar-refractivity contribution in [2.45, 2.75) is 6.42 Å². The zero-order chi connectivity index (χ0) is 15.4. The number of pyridine rings is 2. The third-order valence-corrected chi connectivity index (χ3v) is 3.38. The zero-order valence-electron chi connectivity index (χ0n) is 11.8. The van der Waals surface area contributed by atoms with Gasteiger partial charge >= 0.3 is 5.97 Å². The maximum absolute atomic E-state index is 11.0. The Balaban J connectivity index is 2.12. The molecule has 3 rings (SSSR count). The van der Waals surface area contributed by atoms with Crippen LogP contribution in [0.15, 0.2) is 67.3 Å². The first-order chi connectivity index (χ1) is 10.7. The van der Waals surface area contributed by atoms with E-state index >= 15 is 0 Å². The van der Waals surface area contributed by atoms with Gasteiger partial charge in [0.2, 0.25) is 0 Å². The molecule has 2 aromatic heterocycles. The van der Waals surface area contributed by atoms with Crippen molar-refractivity contribution in [1.82, 2.24) is 9.97 Å². The molecule has 1 N–H and O–H groups in total. The zero-order valence-corrected chi connectivity index (χ0v) is 11.8. The van der Waals surface area contributed by atoms with Crippen LogP contribution in [-0.4, -0.2) is 21.0 Å². The second-order valence-electron chi connectivity index (χ2n) is 4.96. The molecule has 0 aliphatic heterocycles. The predicted molar refractivity (Wildman–Crippen MR) is 84.2 cm³/mol. The molecule has 0 radical (unpaired) electrons. The van der Waals surface area contributed by atoms with Gasteiger partial charge in [-0.2, -0.15) is 0 Å². The van der Waals surface area contributed by atoms with Gasteiger partial charge in [-0.15, -0.1) is 0 Å². The molecule has 0 fully saturated rings. The lowest BCUT2D eigenvalue weighted by Crippen LogP contribution is -2.00. The standard InChI is InChI=1S/C18H14N2O2/c21-18(22)11-13-9-16(14-1-5-19-6-2-14)12-17(10-13)15-3-7-20-8-4-15/h1-10,12H,11H2,(H,21,22). The molecule has 22 heavy (non-hydrogen) atoms. The molecule has 2 heterocycles. The third-order valence-electron chi connectivity index (χ3n) is 3.38. The van der Waals surface area contributed by atoms with Crippen molar-refractivity contribution in [3.05, 3.63) is 72.8 Å². The average molecular weight is 290 g/mol. The molecule has 0 amide bonds. The smallest absolute Gasteiger partial charge is 0.307 e. The van der Waals surface area contributed by atoms with E-state index in [4.69, 9.17) is 5.11 Å². The van der Waals surface area contributed by atoms with Gasteiger partial charge in [-0.3, -0.25) is 14.8 Å². The van der Waals surface area contributed by atoms with Crippen LogP contribution in [0, 0.1) is 0 Å². The number of hydrogen-bond donors (Lipinski definition) is 1. The van der Waals surface area contributed by atoms with E-state index in [0.717, 1.165) is 27.8 Å². The van der Waals surface area contributed by atoms with Gasteiger partial charge in [-0.05, 0) is 58.1 Å². The van der Waals surface area contributed by atoms with Crippen molar-refractivity contribution in [2.75, 3.05) is 0 Å². The molecule has 0 atom stereocenters. The molecule has 4 heteroatoms. The minimum atomic E-state index is -0.840. The fourth-order valence-corrected chi connectivity index (χ4v) is 2.39. The minimum absolute atomic E-state index is 0.00297. The number of nitrogens with zero attached hydrogens (tertiary/aromatic N) is 2. The van der Waals surface area contributed by atoms with Crippen LogP contribution < -0.4 is 0 Å². The van der Waals surface area contributed by atoms with E-state index in [1.165, 1.54) is 0 Å². The van der Waals surface area contributed by atoms with Crippen LogP contribution in [0.3, 0.4) is 0 Å². The second-order valence-corrected chi connectivity index (χ2v) is 4.96. The average Bonchev–Trinajstić information content (AvgIpc) is 2.55. The Hall–Kier alpha value is -3.01. The van der Waals surface area contributed by atoms with E-state index in [1.54, 1.807) is 24.8 Å². The van der Waals surface area contributed by atoms with Crippen LogP contribution in [-0.2, 0) is 11.2 Å². The van der Waals surface area contributed by atoms with E-state index in [9.17, 15) is 4.79 Å². The first kappa shape index (κ1) is 13.9. The summed E-state index contributed by atoms with van der Waals surface area (Å²) in [5, 5.41) is 9.07. The SMILES string of the molecule is O=C(O)Cc1cc(-c2ccncc2)cc(-c2ccncc2)c1. The van der Waals surface area contributed by atoms with Gasteiger partial charge < -0.3 is 5.11 Å². The van der Waals surface area contributed by atoms with E-state index < -0.39 is 5.97 Å². The van der Waals surface area contributed by atoms with Crippen molar-refractivity contribution in [1.29, 1.82) is 0 Å². The molecular formula is C18H14N2O2. The number of benzene rings is 1. The van der Waals surface area contributed by atoms with Gasteiger partial charge in [-0.25, -0.2) is 0 Å². The molecule has 108 valence electrons. The molecule has 0 unspecified atom stereocenters. The number of hydrogen-bond acceptors (Lipinski definition) is 3. The van der Waals surface area contributed by atoms with Crippen LogP contribution in [0.5, 0.6) is 0 Å². The highest BCUT2D eigenvalue weighted by atomic mass is 16.4. The summed E-state index contributed by atoms with van der Waals surface area (Å²) in [5.41, 5.74) is 4.75. The Bertz CT molecular complexity index is 729. The summed E-state index contributed by atoms with van der Waals surface area (Å²) >= 11 is 0. The van der Waals surface area contributed by atoms with Crippen LogP contribution in [0.25, 0.3) is 22.3 Å². The number of carboxylic acid groups (broad SMARTS) is 1. The summed E-state index contributed by atoms with van der Waals surface area (Å²) in [6, 6.07) is 13.5. The van der Waals surface area contributed by atoms with Gasteiger partial charge in [0, 0.05) is 24.8 Å². The predicted octanol–water partition coefficient (Wildman–Crippen LogP) is 3.44. The van der Waals surface area contributed by atoms with Crippen molar-refractivity contribution in [3.63, 3.8) is 0 Å². The summed E-state index contributed by atoms with van der Waals surface area (Å²) < 4.78 is 0. The van der Waals surface area contributed by atoms with E-state index in [0.29, 0.717) is 0 Å². The third kappa shape index (κ3) is 3.17. The molecule has 0 aliphatic carbocycles. The summed E-state index contributed by atoms with van der Waals surface area (Å²) in [7, 11) is 0. The van der Waals surface area contributed by atoms with Gasteiger partial charge in [0.25, 0.3) is 0 Å². The molecule has 3 aromatic rings. The highest BCUT2D eigenvalue weighted by molar-refractivity contribution is 5.77. The van der Waals surface area contributed by atoms with E-state index in [-0.39, 0.29) is 6.42 Å². The van der Waals surface area contributed by atoms with Crippen molar-refractivity contribution in [2.24, 2.45) is 0 Å². The van der Waals surface area contributed by atoms with Gasteiger partial charge in [0.05, 0.1) is 6.42 Å². The molecule has 0 saturated carbocycles. The molecule has 0 bridgehead atoms. The van der Waals surface area contributed by atoms with Crippen molar-refractivity contribution >= 4 is 5.97 Å². The molecule has 4 nitrogen and oxygen atoms in total. The number of aromatic nitrogens is 2. The fourth-order valence-electron chi connectivity index (χ4n) is 2.39. The summed E-state index contributed by atoms with van der Waals surface area (Å²) in [5.74, 6) is -0.840. The molecule has 0 spiro atoms. The Morgan fingerprint density at radius 1 is 0.773 bits per heavy atom. The topological polar surface area (TPSA) is 63.1 Å². The first-order valence-electron chi connectivity index (χ1n) is 6.89. The van der Waals surface area contributed by atoms with Crippen LogP contribution in [0.4, 0.5) is 0 Å². The largest absolute Gasteiger partial charge is 0.481 e. The van der Waals surface area contributed by atoms with Gasteiger partial charge in [0.15, 0.2) is 0 Å². The molecule has 0 aliphatic rings. The second kappa shape index (κ2) is 6.18. The van der Waals surface area contributed by atoms with Crippen LogP contribution in [0.2, 0.25) is 0 Å². The fraction of sp³-hybridized carbons (Fsp3) is 0.0556. The monoisotopic (exact) mass is 290 g/mol. The molecule has 1 aromatic carbocycles. The van der Waals surface area contributed by atoms with Crippen LogP contribution in [0.1, 0.15) is 5.56 Å². The number of aliphatic carboxylic acids is 1. The van der Waals surface area contributed by atoms with E-state index in [1.807, 2.05) is 36.4 Å². The Kier molecular flexibility index (Phi) is 3.92. The molecular weight excluding hydrogens is 276 g/mol. The number of carbonyl (C=O) groups is 1. The number of rotatable bonds is 4.